The van der Waals surface area contributed by atoms with Crippen LogP contribution in [0.2, 0.25) is 0 Å². The molecule has 0 bridgehead atoms. The van der Waals surface area contributed by atoms with Gasteiger partial charge < -0.3 is 15.1 Å². The number of carbonyl (C=O) groups excluding carboxylic acids is 3. The Morgan fingerprint density at radius 2 is 1.79 bits per heavy atom. The Morgan fingerprint density at radius 1 is 1.17 bits per heavy atom. The molecular formula is C19H25N3O5S2. The van der Waals surface area contributed by atoms with E-state index in [1.807, 2.05) is 30.5 Å². The van der Waals surface area contributed by atoms with Crippen LogP contribution in [0, 0.1) is 5.92 Å². The van der Waals surface area contributed by atoms with Crippen LogP contribution >= 0.6 is 11.8 Å². The minimum Gasteiger partial charge on any atom is -0.344 e. The molecule has 8 nitrogen and oxygen atoms in total. The third-order valence-corrected chi connectivity index (χ3v) is 7.62. The Kier molecular flexibility index (Phi) is 6.52. The summed E-state index contributed by atoms with van der Waals surface area (Å²) < 4.78 is 23.0. The molecule has 0 radical (unpaired) electrons. The lowest BCUT2D eigenvalue weighted by Gasteiger charge is -2.29. The maximum absolute atomic E-state index is 12.6. The Labute approximate surface area is 174 Å². The number of nitrogens with one attached hydrogen (secondary N) is 1. The topological polar surface area (TPSA) is 104 Å². The highest BCUT2D eigenvalue weighted by Gasteiger charge is 2.36. The first-order valence-electron chi connectivity index (χ1n) is 9.44. The molecule has 0 aromatic heterocycles. The lowest BCUT2D eigenvalue weighted by atomic mass is 10.1. The smallest absolute Gasteiger partial charge is 0.244 e. The number of carbonyl (C=O) groups is 3. The molecule has 2 unspecified atom stereocenters. The predicted octanol–water partition coefficient (Wildman–Crippen LogP) is 0.523. The molecular weight excluding hydrogens is 414 g/mol. The Balaban J connectivity index is 1.56. The first-order chi connectivity index (χ1) is 13.7. The molecule has 3 amide bonds. The van der Waals surface area contributed by atoms with Crippen molar-refractivity contribution in [1.29, 1.82) is 0 Å². The predicted molar refractivity (Wildman–Crippen MR) is 112 cm³/mol. The van der Waals surface area contributed by atoms with E-state index < -0.39 is 21.8 Å². The van der Waals surface area contributed by atoms with Gasteiger partial charge >= 0.3 is 0 Å². The van der Waals surface area contributed by atoms with Crippen LogP contribution in [0.25, 0.3) is 0 Å². The van der Waals surface area contributed by atoms with Gasteiger partial charge in [0.25, 0.3) is 0 Å². The van der Waals surface area contributed by atoms with E-state index in [0.717, 1.165) is 10.6 Å². The molecule has 3 rings (SSSR count). The fourth-order valence-electron chi connectivity index (χ4n) is 3.49. The van der Waals surface area contributed by atoms with Gasteiger partial charge in [-0.15, -0.1) is 11.8 Å². The van der Waals surface area contributed by atoms with Gasteiger partial charge in [0.15, 0.2) is 9.84 Å². The standard InChI is InChI=1S/C19H25N3O5S2/c1-13(19(25)21-7-9-29(26,27)10-8-21)20-18(24)14-11-17(23)22(12-14)15-3-5-16(28-2)6-4-15/h3-6,13-14H,7-12H2,1-2H3,(H,20,24). The third kappa shape index (κ3) is 5.11. The van der Waals surface area contributed by atoms with Crippen LogP contribution in [0.3, 0.4) is 0 Å². The molecule has 2 aliphatic heterocycles. The second-order valence-electron chi connectivity index (χ2n) is 7.31. The fourth-order valence-corrected chi connectivity index (χ4v) is 5.10. The molecule has 0 spiro atoms. The first-order valence-corrected chi connectivity index (χ1v) is 12.5. The van der Waals surface area contributed by atoms with E-state index in [4.69, 9.17) is 0 Å². The normalized spacial score (nSPS) is 22.4. The van der Waals surface area contributed by atoms with Crippen LogP contribution in [-0.4, -0.2) is 74.5 Å². The molecule has 2 fully saturated rings. The van der Waals surface area contributed by atoms with Crippen molar-refractivity contribution in [2.45, 2.75) is 24.3 Å². The average Bonchev–Trinajstić information content (AvgIpc) is 3.09. The van der Waals surface area contributed by atoms with E-state index in [2.05, 4.69) is 5.32 Å². The van der Waals surface area contributed by atoms with E-state index in [1.165, 1.54) is 4.90 Å². The highest BCUT2D eigenvalue weighted by Crippen LogP contribution is 2.27. The summed E-state index contributed by atoms with van der Waals surface area (Å²) >= 11 is 1.61. The van der Waals surface area contributed by atoms with Crippen molar-refractivity contribution in [2.24, 2.45) is 5.92 Å². The number of hydrogen-bond acceptors (Lipinski definition) is 6. The highest BCUT2D eigenvalue weighted by atomic mass is 32.2. The largest absolute Gasteiger partial charge is 0.344 e. The lowest BCUT2D eigenvalue weighted by molar-refractivity contribution is -0.136. The summed E-state index contributed by atoms with van der Waals surface area (Å²) in [6.45, 7) is 2.14. The molecule has 10 heteroatoms. The van der Waals surface area contributed by atoms with E-state index in [-0.39, 0.29) is 55.3 Å². The van der Waals surface area contributed by atoms with E-state index in [0.29, 0.717) is 0 Å². The van der Waals surface area contributed by atoms with Crippen LogP contribution in [0.4, 0.5) is 5.69 Å². The van der Waals surface area contributed by atoms with Gasteiger partial charge in [-0.1, -0.05) is 0 Å². The van der Waals surface area contributed by atoms with E-state index in [9.17, 15) is 22.8 Å². The molecule has 0 saturated carbocycles. The van der Waals surface area contributed by atoms with Crippen LogP contribution in [0.5, 0.6) is 0 Å². The fraction of sp³-hybridized carbons (Fsp3) is 0.526. The number of rotatable bonds is 5. The van der Waals surface area contributed by atoms with Crippen molar-refractivity contribution < 1.29 is 22.8 Å². The highest BCUT2D eigenvalue weighted by molar-refractivity contribution is 7.98. The summed E-state index contributed by atoms with van der Waals surface area (Å²) in [5.41, 5.74) is 0.752. The van der Waals surface area contributed by atoms with E-state index in [1.54, 1.807) is 23.6 Å². The number of amides is 3. The van der Waals surface area contributed by atoms with Crippen LogP contribution in [-0.2, 0) is 24.2 Å². The van der Waals surface area contributed by atoms with Crippen LogP contribution < -0.4 is 10.2 Å². The molecule has 0 aliphatic carbocycles. The third-order valence-electron chi connectivity index (χ3n) is 5.27. The molecule has 158 valence electrons. The lowest BCUT2D eigenvalue weighted by Crippen LogP contribution is -2.52. The molecule has 29 heavy (non-hydrogen) atoms. The summed E-state index contributed by atoms with van der Waals surface area (Å²) in [7, 11) is -3.08. The second kappa shape index (κ2) is 8.74. The van der Waals surface area contributed by atoms with Crippen molar-refractivity contribution in [3.63, 3.8) is 0 Å². The monoisotopic (exact) mass is 439 g/mol. The quantitative estimate of drug-likeness (QED) is 0.671. The van der Waals surface area contributed by atoms with E-state index >= 15 is 0 Å². The number of sulfone groups is 1. The number of benzene rings is 1. The van der Waals surface area contributed by atoms with Crippen LogP contribution in [0.15, 0.2) is 29.2 Å². The maximum Gasteiger partial charge on any atom is 0.244 e. The molecule has 2 heterocycles. The van der Waals surface area contributed by atoms with Gasteiger partial charge in [0.1, 0.15) is 6.04 Å². The van der Waals surface area contributed by atoms with Crippen LogP contribution in [0.1, 0.15) is 13.3 Å². The average molecular weight is 440 g/mol. The minimum atomic E-state index is -3.08. The first kappa shape index (κ1) is 21.6. The van der Waals surface area contributed by atoms with Crippen molar-refractivity contribution >= 4 is 45.0 Å². The molecule has 1 aromatic rings. The summed E-state index contributed by atoms with van der Waals surface area (Å²) in [6, 6.07) is 6.81. The van der Waals surface area contributed by atoms with Gasteiger partial charge in [-0.3, -0.25) is 14.4 Å². The summed E-state index contributed by atoms with van der Waals surface area (Å²) in [4.78, 5) is 41.6. The zero-order chi connectivity index (χ0) is 21.2. The maximum atomic E-state index is 12.6. The number of hydrogen-bond donors (Lipinski definition) is 1. The second-order valence-corrected chi connectivity index (χ2v) is 10.5. The van der Waals surface area contributed by atoms with Crippen molar-refractivity contribution in [3.8, 4) is 0 Å². The zero-order valence-corrected chi connectivity index (χ0v) is 18.1. The molecule has 1 N–H and O–H groups in total. The molecule has 2 saturated heterocycles. The van der Waals surface area contributed by atoms with Gasteiger partial charge in [-0.05, 0) is 37.4 Å². The number of thioether (sulfide) groups is 1. The Bertz CT molecular complexity index is 887. The Morgan fingerprint density at radius 3 is 2.38 bits per heavy atom. The molecule has 1 aromatic carbocycles. The molecule has 2 atom stereocenters. The van der Waals surface area contributed by atoms with Gasteiger partial charge in [0.2, 0.25) is 17.7 Å². The van der Waals surface area contributed by atoms with Crippen molar-refractivity contribution in [3.05, 3.63) is 24.3 Å². The Hall–Kier alpha value is -2.07. The van der Waals surface area contributed by atoms with Crippen molar-refractivity contribution in [1.82, 2.24) is 10.2 Å². The summed E-state index contributed by atoms with van der Waals surface area (Å²) in [5, 5.41) is 2.69. The van der Waals surface area contributed by atoms with Gasteiger partial charge in [-0.2, -0.15) is 0 Å². The SMILES string of the molecule is CSc1ccc(N2CC(C(=O)NC(C)C(=O)N3CCS(=O)(=O)CC3)CC2=O)cc1. The summed E-state index contributed by atoms with van der Waals surface area (Å²) in [5.74, 6) is -1.40. The van der Waals surface area contributed by atoms with Gasteiger partial charge in [-0.25, -0.2) is 8.42 Å². The minimum absolute atomic E-state index is 0.0547. The number of nitrogens with zero attached hydrogens (tertiary/aromatic N) is 2. The molecule has 2 aliphatic rings. The number of anilines is 1. The summed E-state index contributed by atoms with van der Waals surface area (Å²) in [6.07, 6.45) is 2.07. The van der Waals surface area contributed by atoms with Crippen molar-refractivity contribution in [2.75, 3.05) is 42.3 Å². The van der Waals surface area contributed by atoms with Gasteiger partial charge in [0.05, 0.1) is 17.4 Å². The zero-order valence-electron chi connectivity index (χ0n) is 16.5. The van der Waals surface area contributed by atoms with Gasteiger partial charge in [0, 0.05) is 36.6 Å².